The lowest BCUT2D eigenvalue weighted by Gasteiger charge is -2.33. The minimum atomic E-state index is -0.811. The number of likely N-dealkylation sites (tertiary alicyclic amines) is 1. The van der Waals surface area contributed by atoms with Crippen molar-refractivity contribution in [1.82, 2.24) is 9.80 Å². The minimum Gasteiger partial charge on any atom is -0.337 e. The molecule has 1 aliphatic heterocycles. The van der Waals surface area contributed by atoms with Crippen LogP contribution in [-0.2, 0) is 4.79 Å². The molecule has 0 radical (unpaired) electrons. The Morgan fingerprint density at radius 2 is 2.06 bits per heavy atom. The van der Waals surface area contributed by atoms with Crippen molar-refractivity contribution in [2.45, 2.75) is 45.6 Å². The number of carbonyl (C=O) groups is 1. The molecule has 0 bridgehead atoms. The Kier molecular flexibility index (Phi) is 5.15. The van der Waals surface area contributed by atoms with Crippen LogP contribution < -0.4 is 0 Å². The fourth-order valence-corrected chi connectivity index (χ4v) is 2.75. The molecular formula is C14H25N3O. The van der Waals surface area contributed by atoms with Gasteiger partial charge < -0.3 is 9.80 Å². The van der Waals surface area contributed by atoms with Gasteiger partial charge in [-0.15, -0.1) is 0 Å². The maximum absolute atomic E-state index is 12.6. The molecule has 4 nitrogen and oxygen atoms in total. The lowest BCUT2D eigenvalue weighted by Crippen LogP contribution is -2.48. The Bertz CT molecular complexity index is 328. The third-order valence-corrected chi connectivity index (χ3v) is 4.04. The van der Waals surface area contributed by atoms with Crippen LogP contribution in [0.1, 0.15) is 39.5 Å². The van der Waals surface area contributed by atoms with Crippen molar-refractivity contribution >= 4 is 5.91 Å². The third-order valence-electron chi connectivity index (χ3n) is 4.04. The van der Waals surface area contributed by atoms with Crippen LogP contribution in [0, 0.1) is 16.7 Å². The van der Waals surface area contributed by atoms with Gasteiger partial charge in [-0.3, -0.25) is 4.79 Å². The average Bonchev–Trinajstić information content (AvgIpc) is 2.79. The third kappa shape index (κ3) is 2.84. The number of nitrogens with zero attached hydrogens (tertiary/aromatic N) is 3. The van der Waals surface area contributed by atoms with Crippen molar-refractivity contribution in [3.63, 3.8) is 0 Å². The molecule has 0 N–H and O–H groups in total. The van der Waals surface area contributed by atoms with Gasteiger partial charge in [0.15, 0.2) is 0 Å². The Hall–Kier alpha value is -1.08. The van der Waals surface area contributed by atoms with Gasteiger partial charge in [-0.1, -0.05) is 13.8 Å². The molecule has 1 heterocycles. The molecule has 0 spiro atoms. The molecule has 1 rings (SSSR count). The maximum atomic E-state index is 12.6. The van der Waals surface area contributed by atoms with E-state index in [1.807, 2.05) is 32.8 Å². The maximum Gasteiger partial charge on any atom is 0.243 e. The topological polar surface area (TPSA) is 47.3 Å². The van der Waals surface area contributed by atoms with Crippen LogP contribution in [0.3, 0.4) is 0 Å². The van der Waals surface area contributed by atoms with E-state index in [1.54, 1.807) is 0 Å². The second-order valence-electron chi connectivity index (χ2n) is 5.46. The standard InChI is InChI=1S/C14H25N3O/c1-5-14(6-2,11-15)13(18)17-9-7-8-12(17)10-16(3)4/h12H,5-10H2,1-4H3. The summed E-state index contributed by atoms with van der Waals surface area (Å²) in [5, 5.41) is 9.37. The lowest BCUT2D eigenvalue weighted by molar-refractivity contribution is -0.140. The van der Waals surface area contributed by atoms with Crippen LogP contribution in [0.2, 0.25) is 0 Å². The minimum absolute atomic E-state index is 0.0411. The first-order valence-corrected chi connectivity index (χ1v) is 6.87. The average molecular weight is 251 g/mol. The zero-order valence-corrected chi connectivity index (χ0v) is 12.1. The second kappa shape index (κ2) is 6.19. The Morgan fingerprint density at radius 1 is 1.44 bits per heavy atom. The molecule has 0 saturated carbocycles. The molecular weight excluding hydrogens is 226 g/mol. The van der Waals surface area contributed by atoms with Crippen LogP contribution in [0.4, 0.5) is 0 Å². The number of likely N-dealkylation sites (N-methyl/N-ethyl adjacent to an activating group) is 1. The summed E-state index contributed by atoms with van der Waals surface area (Å²) in [6, 6.07) is 2.54. The summed E-state index contributed by atoms with van der Waals surface area (Å²) in [5.74, 6) is 0.0411. The summed E-state index contributed by atoms with van der Waals surface area (Å²) >= 11 is 0. The number of rotatable bonds is 5. The number of carbonyl (C=O) groups excluding carboxylic acids is 1. The van der Waals surface area contributed by atoms with Gasteiger partial charge in [-0.2, -0.15) is 5.26 Å². The summed E-state index contributed by atoms with van der Waals surface area (Å²) in [7, 11) is 4.05. The van der Waals surface area contributed by atoms with Crippen molar-refractivity contribution < 1.29 is 4.79 Å². The van der Waals surface area contributed by atoms with Crippen molar-refractivity contribution in [3.05, 3.63) is 0 Å². The predicted molar refractivity (Wildman–Crippen MR) is 71.9 cm³/mol. The summed E-state index contributed by atoms with van der Waals surface area (Å²) in [5.41, 5.74) is -0.811. The molecule has 1 aliphatic rings. The normalized spacial score (nSPS) is 20.2. The molecule has 1 unspecified atom stereocenters. The van der Waals surface area contributed by atoms with Crippen LogP contribution in [0.15, 0.2) is 0 Å². The SMILES string of the molecule is CCC(C#N)(CC)C(=O)N1CCCC1CN(C)C. The van der Waals surface area contributed by atoms with Gasteiger partial charge >= 0.3 is 0 Å². The zero-order chi connectivity index (χ0) is 13.8. The van der Waals surface area contributed by atoms with Gasteiger partial charge in [0.25, 0.3) is 0 Å². The van der Waals surface area contributed by atoms with E-state index in [1.165, 1.54) is 0 Å². The van der Waals surface area contributed by atoms with Gasteiger partial charge in [0.2, 0.25) is 5.91 Å². The highest BCUT2D eigenvalue weighted by molar-refractivity contribution is 5.86. The van der Waals surface area contributed by atoms with Crippen molar-refractivity contribution in [3.8, 4) is 6.07 Å². The van der Waals surface area contributed by atoms with Crippen molar-refractivity contribution in [1.29, 1.82) is 5.26 Å². The van der Waals surface area contributed by atoms with E-state index < -0.39 is 5.41 Å². The first-order chi connectivity index (χ1) is 8.50. The fraction of sp³-hybridized carbons (Fsp3) is 0.857. The van der Waals surface area contributed by atoms with Gasteiger partial charge in [-0.05, 0) is 39.8 Å². The van der Waals surface area contributed by atoms with Gasteiger partial charge in [0, 0.05) is 19.1 Å². The summed E-state index contributed by atoms with van der Waals surface area (Å²) in [6.45, 7) is 5.56. The molecule has 102 valence electrons. The number of hydrogen-bond acceptors (Lipinski definition) is 3. The highest BCUT2D eigenvalue weighted by atomic mass is 16.2. The van der Waals surface area contributed by atoms with Gasteiger partial charge in [-0.25, -0.2) is 0 Å². The van der Waals surface area contributed by atoms with E-state index in [2.05, 4.69) is 11.0 Å². The monoisotopic (exact) mass is 251 g/mol. The second-order valence-corrected chi connectivity index (χ2v) is 5.46. The molecule has 1 atom stereocenters. The number of amides is 1. The van der Waals surface area contributed by atoms with E-state index in [-0.39, 0.29) is 11.9 Å². The Balaban J connectivity index is 2.85. The molecule has 1 saturated heterocycles. The van der Waals surface area contributed by atoms with Crippen LogP contribution >= 0.6 is 0 Å². The van der Waals surface area contributed by atoms with Crippen molar-refractivity contribution in [2.24, 2.45) is 5.41 Å². The van der Waals surface area contributed by atoms with E-state index in [0.29, 0.717) is 12.8 Å². The first kappa shape index (κ1) is 15.0. The first-order valence-electron chi connectivity index (χ1n) is 6.87. The molecule has 0 aromatic rings. The highest BCUT2D eigenvalue weighted by Crippen LogP contribution is 2.31. The highest BCUT2D eigenvalue weighted by Gasteiger charge is 2.42. The smallest absolute Gasteiger partial charge is 0.243 e. The quantitative estimate of drug-likeness (QED) is 0.749. The van der Waals surface area contributed by atoms with E-state index in [0.717, 1.165) is 25.9 Å². The van der Waals surface area contributed by atoms with Crippen molar-refractivity contribution in [2.75, 3.05) is 27.2 Å². The van der Waals surface area contributed by atoms with Gasteiger partial charge in [0.1, 0.15) is 5.41 Å². The number of hydrogen-bond donors (Lipinski definition) is 0. The Labute approximate surface area is 111 Å². The van der Waals surface area contributed by atoms with Crippen LogP contribution in [0.25, 0.3) is 0 Å². The lowest BCUT2D eigenvalue weighted by atomic mass is 9.82. The van der Waals surface area contributed by atoms with E-state index >= 15 is 0 Å². The predicted octanol–water partition coefficient (Wildman–Crippen LogP) is 1.87. The largest absolute Gasteiger partial charge is 0.337 e. The van der Waals surface area contributed by atoms with Crippen LogP contribution in [-0.4, -0.2) is 48.9 Å². The zero-order valence-electron chi connectivity index (χ0n) is 12.1. The molecule has 1 fully saturated rings. The van der Waals surface area contributed by atoms with E-state index in [4.69, 9.17) is 0 Å². The van der Waals surface area contributed by atoms with E-state index in [9.17, 15) is 10.1 Å². The summed E-state index contributed by atoms with van der Waals surface area (Å²) in [6.07, 6.45) is 3.31. The van der Waals surface area contributed by atoms with Gasteiger partial charge in [0.05, 0.1) is 6.07 Å². The molecule has 18 heavy (non-hydrogen) atoms. The Morgan fingerprint density at radius 3 is 2.50 bits per heavy atom. The fourth-order valence-electron chi connectivity index (χ4n) is 2.75. The molecule has 0 aromatic heterocycles. The molecule has 0 aromatic carbocycles. The molecule has 1 amide bonds. The summed E-state index contributed by atoms with van der Waals surface area (Å²) in [4.78, 5) is 16.7. The molecule has 0 aliphatic carbocycles. The van der Waals surface area contributed by atoms with Crippen LogP contribution in [0.5, 0.6) is 0 Å². The number of nitriles is 1. The molecule has 4 heteroatoms. The summed E-state index contributed by atoms with van der Waals surface area (Å²) < 4.78 is 0.